The van der Waals surface area contributed by atoms with Crippen LogP contribution in [0.1, 0.15) is 67.2 Å². The van der Waals surface area contributed by atoms with E-state index in [9.17, 15) is 4.79 Å². The average Bonchev–Trinajstić information content (AvgIpc) is 2.43. The quantitative estimate of drug-likeness (QED) is 0.805. The van der Waals surface area contributed by atoms with Gasteiger partial charge in [-0.3, -0.25) is 4.79 Å². The van der Waals surface area contributed by atoms with E-state index in [0.29, 0.717) is 18.7 Å². The van der Waals surface area contributed by atoms with Crippen molar-refractivity contribution in [1.29, 1.82) is 0 Å². The Kier molecular flexibility index (Phi) is 4.84. The van der Waals surface area contributed by atoms with Crippen LogP contribution >= 0.6 is 0 Å². The highest BCUT2D eigenvalue weighted by molar-refractivity contribution is 5.82. The third-order valence-electron chi connectivity index (χ3n) is 4.33. The molecule has 0 aromatic rings. The minimum atomic E-state index is -0.335. The van der Waals surface area contributed by atoms with Crippen molar-refractivity contribution in [3.63, 3.8) is 0 Å². The Bertz CT molecular complexity index is 332. The maximum Gasteiger partial charge on any atom is 0.138 e. The molecule has 1 aliphatic rings. The van der Waals surface area contributed by atoms with E-state index in [1.54, 1.807) is 0 Å². The fourth-order valence-corrected chi connectivity index (χ4v) is 3.22. The molecule has 1 rings (SSSR count). The molecule has 1 saturated heterocycles. The monoisotopic (exact) mass is 269 g/mol. The molecular weight excluding hydrogens is 238 g/mol. The van der Waals surface area contributed by atoms with Gasteiger partial charge < -0.3 is 10.5 Å². The maximum absolute atomic E-state index is 12.5. The number of hydrogen-bond donors (Lipinski definition) is 1. The van der Waals surface area contributed by atoms with Crippen molar-refractivity contribution in [2.24, 2.45) is 17.1 Å². The number of carbonyl (C=O) groups excluding carboxylic acids is 1. The van der Waals surface area contributed by atoms with Crippen molar-refractivity contribution in [2.75, 3.05) is 6.54 Å². The molecule has 2 N–H and O–H groups in total. The average molecular weight is 269 g/mol. The van der Waals surface area contributed by atoms with Crippen molar-refractivity contribution < 1.29 is 9.53 Å². The number of hydrogen-bond acceptors (Lipinski definition) is 3. The Labute approximate surface area is 118 Å². The molecule has 0 radical (unpaired) electrons. The summed E-state index contributed by atoms with van der Waals surface area (Å²) >= 11 is 0. The molecule has 3 nitrogen and oxygen atoms in total. The molecule has 0 spiro atoms. The zero-order valence-electron chi connectivity index (χ0n) is 13.5. The fourth-order valence-electron chi connectivity index (χ4n) is 3.22. The van der Waals surface area contributed by atoms with Crippen LogP contribution in [-0.2, 0) is 9.53 Å². The van der Waals surface area contributed by atoms with Crippen LogP contribution < -0.4 is 5.73 Å². The first-order valence-corrected chi connectivity index (χ1v) is 7.42. The molecule has 112 valence electrons. The second-order valence-electron chi connectivity index (χ2n) is 7.89. The Morgan fingerprint density at radius 2 is 1.84 bits per heavy atom. The van der Waals surface area contributed by atoms with Crippen LogP contribution in [0, 0.1) is 11.3 Å². The van der Waals surface area contributed by atoms with Gasteiger partial charge >= 0.3 is 0 Å². The Hall–Kier alpha value is -0.410. The Morgan fingerprint density at radius 1 is 1.26 bits per heavy atom. The zero-order valence-corrected chi connectivity index (χ0v) is 13.5. The summed E-state index contributed by atoms with van der Waals surface area (Å²) in [6.07, 6.45) is 3.35. The third-order valence-corrected chi connectivity index (χ3v) is 4.33. The van der Waals surface area contributed by atoms with Gasteiger partial charge in [0, 0.05) is 12.3 Å². The minimum absolute atomic E-state index is 0.0242. The number of nitrogens with two attached hydrogens (primary N) is 1. The van der Waals surface area contributed by atoms with Gasteiger partial charge in [0.15, 0.2) is 0 Å². The number of Topliss-reactive ketones (excluding diaryl/α,β-unsaturated/α-hetero) is 1. The lowest BCUT2D eigenvalue weighted by molar-refractivity contribution is -0.130. The molecule has 0 amide bonds. The highest BCUT2D eigenvalue weighted by Gasteiger charge is 2.48. The van der Waals surface area contributed by atoms with E-state index in [0.717, 1.165) is 19.3 Å². The van der Waals surface area contributed by atoms with E-state index >= 15 is 0 Å². The van der Waals surface area contributed by atoms with Gasteiger partial charge in [0.05, 0.1) is 11.2 Å². The molecule has 1 atom stereocenters. The van der Waals surface area contributed by atoms with Crippen molar-refractivity contribution in [3.8, 4) is 0 Å². The van der Waals surface area contributed by atoms with Crippen LogP contribution in [0.25, 0.3) is 0 Å². The summed E-state index contributed by atoms with van der Waals surface area (Å²) in [6.45, 7) is 13.3. The molecule has 3 heteroatoms. The molecule has 19 heavy (non-hydrogen) atoms. The van der Waals surface area contributed by atoms with Crippen LogP contribution in [0.15, 0.2) is 0 Å². The SMILES string of the molecule is CC(C)(CCN)CCC(=O)C1CC(C)(C)OC1(C)C. The summed E-state index contributed by atoms with van der Waals surface area (Å²) in [5.74, 6) is 0.372. The first-order valence-electron chi connectivity index (χ1n) is 7.42. The first-order chi connectivity index (χ1) is 8.49. The second-order valence-corrected chi connectivity index (χ2v) is 7.89. The highest BCUT2D eigenvalue weighted by Crippen LogP contribution is 2.43. The van der Waals surface area contributed by atoms with Crippen LogP contribution in [0.5, 0.6) is 0 Å². The lowest BCUT2D eigenvalue weighted by Gasteiger charge is -2.28. The molecule has 0 saturated carbocycles. The van der Waals surface area contributed by atoms with E-state index in [4.69, 9.17) is 10.5 Å². The molecule has 0 aromatic heterocycles. The normalized spacial score (nSPS) is 25.5. The first kappa shape index (κ1) is 16.6. The lowest BCUT2D eigenvalue weighted by atomic mass is 9.78. The van der Waals surface area contributed by atoms with Gasteiger partial charge in [0.1, 0.15) is 5.78 Å². The van der Waals surface area contributed by atoms with Crippen LogP contribution in [0.2, 0.25) is 0 Å². The van der Waals surface area contributed by atoms with Gasteiger partial charge in [-0.1, -0.05) is 13.8 Å². The Balaban J connectivity index is 2.60. The highest BCUT2D eigenvalue weighted by atomic mass is 16.5. The molecular formula is C16H31NO2. The summed E-state index contributed by atoms with van der Waals surface area (Å²) in [4.78, 5) is 12.5. The van der Waals surface area contributed by atoms with Crippen LogP contribution in [0.3, 0.4) is 0 Å². The molecule has 1 unspecified atom stereocenters. The van der Waals surface area contributed by atoms with E-state index in [1.165, 1.54) is 0 Å². The topological polar surface area (TPSA) is 52.3 Å². The number of ether oxygens (including phenoxy) is 1. The molecule has 0 aliphatic carbocycles. The summed E-state index contributed by atoms with van der Waals surface area (Å²) < 4.78 is 6.01. The van der Waals surface area contributed by atoms with E-state index in [2.05, 4.69) is 27.7 Å². The van der Waals surface area contributed by atoms with Crippen LogP contribution in [-0.4, -0.2) is 23.5 Å². The van der Waals surface area contributed by atoms with Crippen molar-refractivity contribution in [3.05, 3.63) is 0 Å². The van der Waals surface area contributed by atoms with Gasteiger partial charge in [-0.05, 0) is 58.9 Å². The summed E-state index contributed by atoms with van der Waals surface area (Å²) in [5, 5.41) is 0. The smallest absolute Gasteiger partial charge is 0.138 e. The van der Waals surface area contributed by atoms with Crippen molar-refractivity contribution >= 4 is 5.78 Å². The van der Waals surface area contributed by atoms with E-state index < -0.39 is 0 Å². The number of rotatable bonds is 6. The maximum atomic E-state index is 12.5. The summed E-state index contributed by atoms with van der Waals surface area (Å²) in [7, 11) is 0. The van der Waals surface area contributed by atoms with E-state index in [-0.39, 0.29) is 22.5 Å². The Morgan fingerprint density at radius 3 is 2.26 bits per heavy atom. The van der Waals surface area contributed by atoms with Gasteiger partial charge in [-0.15, -0.1) is 0 Å². The van der Waals surface area contributed by atoms with Crippen molar-refractivity contribution in [1.82, 2.24) is 0 Å². The predicted molar refractivity (Wildman–Crippen MR) is 79.0 cm³/mol. The number of ketones is 1. The predicted octanol–water partition coefficient (Wildman–Crippen LogP) is 3.30. The lowest BCUT2D eigenvalue weighted by Crippen LogP contribution is -2.34. The summed E-state index contributed by atoms with van der Waals surface area (Å²) in [5.41, 5.74) is 5.25. The van der Waals surface area contributed by atoms with Gasteiger partial charge in [-0.2, -0.15) is 0 Å². The summed E-state index contributed by atoms with van der Waals surface area (Å²) in [6, 6.07) is 0. The van der Waals surface area contributed by atoms with Gasteiger partial charge in [0.2, 0.25) is 0 Å². The zero-order chi connectivity index (χ0) is 14.9. The fraction of sp³-hybridized carbons (Fsp3) is 0.938. The largest absolute Gasteiger partial charge is 0.369 e. The van der Waals surface area contributed by atoms with Crippen molar-refractivity contribution in [2.45, 2.75) is 78.4 Å². The molecule has 1 aliphatic heterocycles. The second kappa shape index (κ2) is 5.53. The minimum Gasteiger partial charge on any atom is -0.369 e. The van der Waals surface area contributed by atoms with Gasteiger partial charge in [0.25, 0.3) is 0 Å². The standard InChI is InChI=1S/C16H31NO2/c1-14(2,9-10-17)8-7-13(18)12-11-15(3,4)19-16(12,5)6/h12H,7-11,17H2,1-6H3. The molecule has 0 aromatic carbocycles. The van der Waals surface area contributed by atoms with E-state index in [1.807, 2.05) is 13.8 Å². The van der Waals surface area contributed by atoms with Crippen LogP contribution in [0.4, 0.5) is 0 Å². The van der Waals surface area contributed by atoms with Gasteiger partial charge in [-0.25, -0.2) is 0 Å². The number of carbonyl (C=O) groups is 1. The molecule has 1 fully saturated rings. The molecule has 1 heterocycles. The third kappa shape index (κ3) is 4.57. The molecule has 0 bridgehead atoms.